The number of carbonyl (C=O) groups is 5. The third-order valence-electron chi connectivity index (χ3n) is 11.5. The number of hydrogen-bond donors (Lipinski definition) is 5. The van der Waals surface area contributed by atoms with Crippen molar-refractivity contribution in [2.45, 2.75) is 130 Å². The van der Waals surface area contributed by atoms with Crippen molar-refractivity contribution in [1.82, 2.24) is 45.4 Å². The molecular formula is C47H64N12O10. The van der Waals surface area contributed by atoms with E-state index >= 15 is 0 Å². The van der Waals surface area contributed by atoms with E-state index in [0.717, 1.165) is 5.39 Å². The Morgan fingerprint density at radius 1 is 0.986 bits per heavy atom. The number of esters is 1. The van der Waals surface area contributed by atoms with E-state index in [1.807, 2.05) is 33.0 Å². The van der Waals surface area contributed by atoms with Gasteiger partial charge in [-0.25, -0.2) is 24.1 Å². The summed E-state index contributed by atoms with van der Waals surface area (Å²) in [6.45, 7) is 13.1. The predicted molar refractivity (Wildman–Crippen MR) is 253 cm³/mol. The third kappa shape index (κ3) is 15.4. The second-order valence-electron chi connectivity index (χ2n) is 18.3. The zero-order chi connectivity index (χ0) is 50.3. The van der Waals surface area contributed by atoms with Gasteiger partial charge in [-0.15, -0.1) is 0 Å². The molecule has 0 saturated heterocycles. The minimum absolute atomic E-state index is 0.0301. The minimum Gasteiger partial charge on any atom is -0.462 e. The van der Waals surface area contributed by atoms with Crippen molar-refractivity contribution >= 4 is 52.5 Å². The molecule has 69 heavy (non-hydrogen) atoms. The Morgan fingerprint density at radius 2 is 1.74 bits per heavy atom. The molecule has 4 aromatic rings. The van der Waals surface area contributed by atoms with Crippen LogP contribution in [0, 0.1) is 33.3 Å². The van der Waals surface area contributed by atoms with Gasteiger partial charge in [0.2, 0.25) is 11.8 Å². The molecule has 22 heteroatoms. The first-order chi connectivity index (χ1) is 32.9. The Hall–Kier alpha value is -7.15. The Morgan fingerprint density at radius 3 is 2.42 bits per heavy atom. The van der Waals surface area contributed by atoms with Gasteiger partial charge in [0.1, 0.15) is 54.2 Å². The zero-order valence-electron chi connectivity index (χ0n) is 40.3. The predicted octanol–water partition coefficient (Wildman–Crippen LogP) is 5.09. The second-order valence-corrected chi connectivity index (χ2v) is 18.3. The summed E-state index contributed by atoms with van der Waals surface area (Å²) in [5.74, 6) is -2.07. The number of nitrogens with zero attached hydrogens (tertiary/aromatic N) is 7. The van der Waals surface area contributed by atoms with Gasteiger partial charge >= 0.3 is 18.0 Å². The molecule has 1 fully saturated rings. The van der Waals surface area contributed by atoms with Crippen LogP contribution >= 0.6 is 0 Å². The molecule has 0 spiro atoms. The van der Waals surface area contributed by atoms with E-state index in [-0.39, 0.29) is 87.4 Å². The average Bonchev–Trinajstić information content (AvgIpc) is 3.96. The second kappa shape index (κ2) is 24.7. The number of rotatable bonds is 23. The number of nitrogens with one attached hydrogen (secondary N) is 5. The maximum absolute atomic E-state index is 13.6. The van der Waals surface area contributed by atoms with Gasteiger partial charge in [0.05, 0.1) is 36.6 Å². The summed E-state index contributed by atoms with van der Waals surface area (Å²) in [7, 11) is 0. The summed E-state index contributed by atoms with van der Waals surface area (Å²) in [5, 5.41) is 36.0. The molecule has 4 heterocycles. The molecule has 4 amide bonds. The maximum atomic E-state index is 13.6. The molecule has 4 aromatic heterocycles. The smallest absolute Gasteiger partial charge is 0.434 e. The average molecular weight is 957 g/mol. The van der Waals surface area contributed by atoms with E-state index in [0.29, 0.717) is 60.4 Å². The number of anilines is 1. The monoisotopic (exact) mass is 956 g/mol. The lowest BCUT2D eigenvalue weighted by Gasteiger charge is -2.28. The molecule has 0 bridgehead atoms. The number of pyridine rings is 2. The van der Waals surface area contributed by atoms with Crippen LogP contribution in [0.15, 0.2) is 49.2 Å². The number of alkyl carbamates (subject to hydrolysis) is 1. The Bertz CT molecular complexity index is 2470. The Balaban J connectivity index is 1.03. The lowest BCUT2D eigenvalue weighted by molar-refractivity contribution is -0.396. The van der Waals surface area contributed by atoms with Gasteiger partial charge < -0.3 is 50.9 Å². The van der Waals surface area contributed by atoms with E-state index in [1.54, 1.807) is 50.6 Å². The van der Waals surface area contributed by atoms with Crippen molar-refractivity contribution in [2.24, 2.45) is 11.8 Å². The molecule has 1 aliphatic rings. The summed E-state index contributed by atoms with van der Waals surface area (Å²) < 4.78 is 19.6. The SMILES string of the molecule is CC[C@H](C)[C@H](NC(=O)[C@H](CCCn1ccnc1[N+](=O)[O-])NC(=O)OC(C)(C)C)C(=O)OCCOCCNC(=O)C1CCC(NC(=O)c2cnc(-n3ccc4cc(C#N)cnc43)cc2NC(C)C)CC1. The van der Waals surface area contributed by atoms with Gasteiger partial charge in [0.15, 0.2) is 0 Å². The lowest BCUT2D eigenvalue weighted by Crippen LogP contribution is -2.54. The van der Waals surface area contributed by atoms with Crippen LogP contribution in [0.25, 0.3) is 16.9 Å². The molecule has 1 aliphatic carbocycles. The number of aryl methyl sites for hydroxylation is 1. The van der Waals surface area contributed by atoms with Gasteiger partial charge in [-0.1, -0.05) is 25.3 Å². The summed E-state index contributed by atoms with van der Waals surface area (Å²) in [4.78, 5) is 89.6. The normalized spacial score (nSPS) is 16.1. The van der Waals surface area contributed by atoms with Crippen molar-refractivity contribution in [3.63, 3.8) is 0 Å². The maximum Gasteiger partial charge on any atom is 0.434 e. The van der Waals surface area contributed by atoms with Crippen molar-refractivity contribution < 1.29 is 43.1 Å². The molecule has 1 saturated carbocycles. The first-order valence-electron chi connectivity index (χ1n) is 23.3. The Kier molecular flexibility index (Phi) is 18.9. The number of imidazole rings is 1. The quantitative estimate of drug-likeness (QED) is 0.0280. The molecule has 3 atom stereocenters. The fourth-order valence-electron chi connectivity index (χ4n) is 7.76. The molecular weight excluding hydrogens is 893 g/mol. The lowest BCUT2D eigenvalue weighted by atomic mass is 9.85. The third-order valence-corrected chi connectivity index (χ3v) is 11.5. The topological polar surface area (TPSA) is 289 Å². The zero-order valence-corrected chi connectivity index (χ0v) is 40.3. The fourth-order valence-corrected chi connectivity index (χ4v) is 7.76. The molecule has 5 rings (SSSR count). The number of hydrogen-bond acceptors (Lipinski definition) is 15. The number of fused-ring (bicyclic) bond motifs is 1. The summed E-state index contributed by atoms with van der Waals surface area (Å²) in [6, 6.07) is 5.23. The van der Waals surface area contributed by atoms with Crippen LogP contribution in [0.5, 0.6) is 0 Å². The van der Waals surface area contributed by atoms with Crippen molar-refractivity contribution in [3.05, 3.63) is 70.4 Å². The summed E-state index contributed by atoms with van der Waals surface area (Å²) in [5.41, 5.74) is 1.26. The number of nitro groups is 1. The molecule has 0 unspecified atom stereocenters. The standard InChI is InChI=1S/C47H64N12O10/c1-8-30(4)39(56-43(62)36(55-46(64)69-47(5,6)7)10-9-18-57-20-16-50-45(57)59(65)66)44(63)68-23-22-67-21-17-49-41(60)32-11-13-34(14-12-32)54-42(61)35-28-51-38(25-37(35)53-29(2)3)58-19-15-33-24-31(26-48)27-52-40(33)58/h15-16,19-20,24-25,27-30,32,34,36,39H,8-14,17-18,21-23H2,1-7H3,(H,49,60)(H,51,53)(H,54,61)(H,55,64)(H,56,62)/t30-,32?,34?,36-,39-/m0/s1. The number of aromatic nitrogens is 5. The van der Waals surface area contributed by atoms with E-state index in [2.05, 4.69) is 47.6 Å². The minimum atomic E-state index is -1.14. The van der Waals surface area contributed by atoms with E-state index in [1.165, 1.54) is 23.2 Å². The summed E-state index contributed by atoms with van der Waals surface area (Å²) >= 11 is 0. The van der Waals surface area contributed by atoms with Crippen LogP contribution in [-0.2, 0) is 35.1 Å². The van der Waals surface area contributed by atoms with Gasteiger partial charge in [-0.2, -0.15) is 5.26 Å². The van der Waals surface area contributed by atoms with Gasteiger partial charge in [0.25, 0.3) is 5.91 Å². The van der Waals surface area contributed by atoms with Crippen molar-refractivity contribution in [3.8, 4) is 11.9 Å². The first-order valence-corrected chi connectivity index (χ1v) is 23.3. The van der Waals surface area contributed by atoms with Crippen LogP contribution in [0.3, 0.4) is 0 Å². The van der Waals surface area contributed by atoms with Crippen molar-refractivity contribution in [1.29, 1.82) is 5.26 Å². The van der Waals surface area contributed by atoms with E-state index < -0.39 is 40.6 Å². The van der Waals surface area contributed by atoms with Gasteiger partial charge in [-0.05, 0) is 96.1 Å². The fraction of sp³-hybridized carbons (Fsp3) is 0.553. The highest BCUT2D eigenvalue weighted by Crippen LogP contribution is 2.27. The van der Waals surface area contributed by atoms with Gasteiger partial charge in [-0.3, -0.25) is 19.0 Å². The highest BCUT2D eigenvalue weighted by atomic mass is 16.6. The van der Waals surface area contributed by atoms with Crippen LogP contribution < -0.4 is 26.6 Å². The molecule has 0 aliphatic heterocycles. The molecule has 372 valence electrons. The largest absolute Gasteiger partial charge is 0.462 e. The Labute approximate surface area is 400 Å². The van der Waals surface area contributed by atoms with Crippen LogP contribution in [0.4, 0.5) is 16.4 Å². The number of amides is 4. The summed E-state index contributed by atoms with van der Waals surface area (Å²) in [6.07, 6.45) is 10.0. The first kappa shape index (κ1) is 52.8. The highest BCUT2D eigenvalue weighted by Gasteiger charge is 2.33. The number of carbonyl (C=O) groups excluding carboxylic acids is 5. The van der Waals surface area contributed by atoms with E-state index in [4.69, 9.17) is 14.2 Å². The van der Waals surface area contributed by atoms with Crippen LogP contribution in [0.1, 0.15) is 109 Å². The number of ether oxygens (including phenoxy) is 3. The number of nitriles is 1. The van der Waals surface area contributed by atoms with Crippen LogP contribution in [0.2, 0.25) is 0 Å². The van der Waals surface area contributed by atoms with Crippen molar-refractivity contribution in [2.75, 3.05) is 31.7 Å². The van der Waals surface area contributed by atoms with Gasteiger partial charge in [0, 0.05) is 54.6 Å². The highest BCUT2D eigenvalue weighted by molar-refractivity contribution is 6.00. The molecule has 5 N–H and O–H groups in total. The molecule has 22 nitrogen and oxygen atoms in total. The van der Waals surface area contributed by atoms with Crippen LogP contribution in [-0.4, -0.2) is 115 Å². The van der Waals surface area contributed by atoms with E-state index in [9.17, 15) is 39.3 Å². The molecule has 0 aromatic carbocycles. The molecule has 0 radical (unpaired) electrons.